The van der Waals surface area contributed by atoms with Gasteiger partial charge in [-0.05, 0) is 20.3 Å². The minimum atomic E-state index is -1.26. The van der Waals surface area contributed by atoms with Crippen LogP contribution in [0.1, 0.15) is 34.1 Å². The molecule has 1 unspecified atom stereocenters. The average Bonchev–Trinajstić information content (AvgIpc) is 2.57. The second-order valence-electron chi connectivity index (χ2n) is 5.81. The fourth-order valence-electron chi connectivity index (χ4n) is 2.55. The van der Waals surface area contributed by atoms with Crippen molar-refractivity contribution in [1.29, 1.82) is 0 Å². The third-order valence-electron chi connectivity index (χ3n) is 3.69. The van der Waals surface area contributed by atoms with Gasteiger partial charge < -0.3 is 34.5 Å². The molecular formula is C16H29NO8. The van der Waals surface area contributed by atoms with Gasteiger partial charge >= 0.3 is 5.97 Å². The van der Waals surface area contributed by atoms with Crippen molar-refractivity contribution < 1.29 is 38.7 Å². The van der Waals surface area contributed by atoms with Crippen molar-refractivity contribution in [1.82, 2.24) is 5.32 Å². The molecule has 0 radical (unpaired) electrons. The van der Waals surface area contributed by atoms with Crippen LogP contribution in [0.25, 0.3) is 0 Å². The molecule has 9 nitrogen and oxygen atoms in total. The summed E-state index contributed by atoms with van der Waals surface area (Å²) in [5, 5.41) is 22.5. The van der Waals surface area contributed by atoms with E-state index in [1.807, 2.05) is 6.92 Å². The van der Waals surface area contributed by atoms with E-state index in [1.54, 1.807) is 6.92 Å². The predicted octanol–water partition coefficient (Wildman–Crippen LogP) is -0.667. The Morgan fingerprint density at radius 1 is 1.32 bits per heavy atom. The van der Waals surface area contributed by atoms with E-state index in [9.17, 15) is 19.8 Å². The first-order chi connectivity index (χ1) is 11.8. The molecule has 3 N–H and O–H groups in total. The van der Waals surface area contributed by atoms with Crippen molar-refractivity contribution in [2.24, 2.45) is 0 Å². The zero-order valence-corrected chi connectivity index (χ0v) is 15.1. The number of carbonyl (C=O) groups is 2. The van der Waals surface area contributed by atoms with Crippen LogP contribution in [-0.4, -0.2) is 78.7 Å². The number of hydrogen-bond acceptors (Lipinski definition) is 8. The number of nitrogens with one attached hydrogen (secondary N) is 1. The highest BCUT2D eigenvalue weighted by atomic mass is 16.7. The summed E-state index contributed by atoms with van der Waals surface area (Å²) in [7, 11) is 0. The Morgan fingerprint density at radius 3 is 2.52 bits per heavy atom. The number of ether oxygens (including phenoxy) is 4. The van der Waals surface area contributed by atoms with Crippen LogP contribution >= 0.6 is 0 Å². The van der Waals surface area contributed by atoms with Crippen molar-refractivity contribution in [2.45, 2.75) is 70.9 Å². The SMILES string of the molecule is CCCO[C@H]1O[C@H](CO)[C@@H](O)[C@H](OC(C)C(=O)OCC)[C@H]1NC(C)=O. The number of esters is 1. The fourth-order valence-corrected chi connectivity index (χ4v) is 2.55. The molecule has 1 heterocycles. The van der Waals surface area contributed by atoms with Gasteiger partial charge in [0.15, 0.2) is 12.4 Å². The van der Waals surface area contributed by atoms with Crippen LogP contribution in [0.5, 0.6) is 0 Å². The molecule has 1 aliphatic rings. The van der Waals surface area contributed by atoms with Gasteiger partial charge in [-0.3, -0.25) is 4.79 Å². The summed E-state index contributed by atoms with van der Waals surface area (Å²) in [5.41, 5.74) is 0. The molecule has 0 aromatic rings. The standard InChI is InChI=1S/C16H29NO8/c1-5-7-23-16-12(17-10(4)19)14(13(20)11(8-18)25-16)24-9(3)15(21)22-6-2/h9,11-14,16,18,20H,5-8H2,1-4H3,(H,17,19)/t9?,11-,12-,13-,14-,16+/m1/s1. The number of amides is 1. The van der Waals surface area contributed by atoms with Gasteiger partial charge in [0, 0.05) is 13.5 Å². The molecule has 1 saturated heterocycles. The van der Waals surface area contributed by atoms with E-state index in [1.165, 1.54) is 13.8 Å². The molecule has 1 aliphatic heterocycles. The van der Waals surface area contributed by atoms with E-state index >= 15 is 0 Å². The van der Waals surface area contributed by atoms with Gasteiger partial charge in [0.2, 0.25) is 5.91 Å². The van der Waals surface area contributed by atoms with Crippen molar-refractivity contribution in [3.8, 4) is 0 Å². The first-order valence-corrected chi connectivity index (χ1v) is 8.50. The molecule has 0 aromatic carbocycles. The molecule has 25 heavy (non-hydrogen) atoms. The van der Waals surface area contributed by atoms with Crippen LogP contribution in [-0.2, 0) is 28.5 Å². The molecule has 146 valence electrons. The molecule has 0 saturated carbocycles. The Balaban J connectivity index is 3.00. The van der Waals surface area contributed by atoms with Crippen LogP contribution in [0.2, 0.25) is 0 Å². The van der Waals surface area contributed by atoms with Crippen molar-refractivity contribution in [3.63, 3.8) is 0 Å². The maximum atomic E-state index is 11.8. The molecule has 1 rings (SSSR count). The highest BCUT2D eigenvalue weighted by Gasteiger charge is 2.48. The van der Waals surface area contributed by atoms with Crippen LogP contribution in [0.15, 0.2) is 0 Å². The highest BCUT2D eigenvalue weighted by molar-refractivity contribution is 5.74. The zero-order chi connectivity index (χ0) is 19.0. The molecule has 6 atom stereocenters. The summed E-state index contributed by atoms with van der Waals surface area (Å²) in [6.07, 6.45) is -4.43. The van der Waals surface area contributed by atoms with Gasteiger partial charge in [0.25, 0.3) is 0 Å². The normalized spacial score (nSPS) is 30.6. The van der Waals surface area contributed by atoms with Gasteiger partial charge in [-0.1, -0.05) is 6.92 Å². The number of hydrogen-bond donors (Lipinski definition) is 3. The predicted molar refractivity (Wildman–Crippen MR) is 86.6 cm³/mol. The smallest absolute Gasteiger partial charge is 0.334 e. The Bertz CT molecular complexity index is 432. The topological polar surface area (TPSA) is 124 Å². The summed E-state index contributed by atoms with van der Waals surface area (Å²) in [6, 6.07) is -0.848. The van der Waals surface area contributed by atoms with Crippen molar-refractivity contribution in [2.75, 3.05) is 19.8 Å². The third-order valence-corrected chi connectivity index (χ3v) is 3.69. The van der Waals surface area contributed by atoms with Crippen LogP contribution in [0, 0.1) is 0 Å². The Morgan fingerprint density at radius 2 is 2.00 bits per heavy atom. The summed E-state index contributed by atoms with van der Waals surface area (Å²) in [5.74, 6) is -0.958. The van der Waals surface area contributed by atoms with Crippen LogP contribution in [0.4, 0.5) is 0 Å². The maximum Gasteiger partial charge on any atom is 0.334 e. The quantitative estimate of drug-likeness (QED) is 0.461. The summed E-state index contributed by atoms with van der Waals surface area (Å²) in [6.45, 7) is 6.46. The molecule has 1 amide bonds. The van der Waals surface area contributed by atoms with E-state index in [-0.39, 0.29) is 12.5 Å². The first kappa shape index (κ1) is 21.8. The first-order valence-electron chi connectivity index (χ1n) is 8.50. The lowest BCUT2D eigenvalue weighted by atomic mass is 9.96. The molecule has 9 heteroatoms. The van der Waals surface area contributed by atoms with Gasteiger partial charge in [0.05, 0.1) is 13.2 Å². The zero-order valence-electron chi connectivity index (χ0n) is 15.1. The third kappa shape index (κ3) is 6.19. The Kier molecular flexibility index (Phi) is 9.30. The minimum Gasteiger partial charge on any atom is -0.464 e. The van der Waals surface area contributed by atoms with E-state index in [0.717, 1.165) is 0 Å². The van der Waals surface area contributed by atoms with Gasteiger partial charge in [-0.15, -0.1) is 0 Å². The molecule has 0 bridgehead atoms. The Labute approximate surface area is 147 Å². The summed E-state index contributed by atoms with van der Waals surface area (Å²) in [4.78, 5) is 23.4. The maximum absolute atomic E-state index is 11.8. The van der Waals surface area contributed by atoms with E-state index in [4.69, 9.17) is 18.9 Å². The highest BCUT2D eigenvalue weighted by Crippen LogP contribution is 2.26. The molecule has 1 fully saturated rings. The second kappa shape index (κ2) is 10.7. The monoisotopic (exact) mass is 363 g/mol. The lowest BCUT2D eigenvalue weighted by Crippen LogP contribution is -2.66. The lowest BCUT2D eigenvalue weighted by Gasteiger charge is -2.44. The summed E-state index contributed by atoms with van der Waals surface area (Å²) < 4.78 is 21.7. The van der Waals surface area contributed by atoms with Crippen LogP contribution in [0.3, 0.4) is 0 Å². The van der Waals surface area contributed by atoms with E-state index < -0.39 is 49.3 Å². The number of rotatable bonds is 9. The molecule has 0 aromatic heterocycles. The largest absolute Gasteiger partial charge is 0.464 e. The lowest BCUT2D eigenvalue weighted by molar-refractivity contribution is -0.281. The fraction of sp³-hybridized carbons (Fsp3) is 0.875. The molecule has 0 spiro atoms. The van der Waals surface area contributed by atoms with Crippen LogP contribution < -0.4 is 5.32 Å². The minimum absolute atomic E-state index is 0.194. The number of carbonyl (C=O) groups excluding carboxylic acids is 2. The van der Waals surface area contributed by atoms with Crippen molar-refractivity contribution in [3.05, 3.63) is 0 Å². The van der Waals surface area contributed by atoms with E-state index in [2.05, 4.69) is 5.32 Å². The molecule has 0 aliphatic carbocycles. The average molecular weight is 363 g/mol. The number of aliphatic hydroxyl groups excluding tert-OH is 2. The molecular weight excluding hydrogens is 334 g/mol. The Hall–Kier alpha value is -1.26. The van der Waals surface area contributed by atoms with Gasteiger partial charge in [-0.25, -0.2) is 4.79 Å². The number of aliphatic hydroxyl groups is 2. The summed E-state index contributed by atoms with van der Waals surface area (Å²) >= 11 is 0. The van der Waals surface area contributed by atoms with Crippen molar-refractivity contribution >= 4 is 11.9 Å². The second-order valence-corrected chi connectivity index (χ2v) is 5.81. The van der Waals surface area contributed by atoms with E-state index in [0.29, 0.717) is 13.0 Å². The van der Waals surface area contributed by atoms with Gasteiger partial charge in [-0.2, -0.15) is 0 Å². The van der Waals surface area contributed by atoms with Gasteiger partial charge in [0.1, 0.15) is 24.4 Å².